The van der Waals surface area contributed by atoms with Crippen LogP contribution >= 0.6 is 0 Å². The summed E-state index contributed by atoms with van der Waals surface area (Å²) in [5.74, 6) is 1.39. The Morgan fingerprint density at radius 1 is 1.17 bits per heavy atom. The molecule has 0 fully saturated rings. The average Bonchev–Trinajstić information content (AvgIpc) is 2.81. The summed E-state index contributed by atoms with van der Waals surface area (Å²) < 4.78 is 1.94. The Labute approximate surface area is 137 Å². The number of allylic oxidation sites excluding steroid dienone is 11. The predicted molar refractivity (Wildman–Crippen MR) is 95.5 cm³/mol. The van der Waals surface area contributed by atoms with E-state index in [1.807, 2.05) is 42.7 Å². The van der Waals surface area contributed by atoms with E-state index < -0.39 is 0 Å². The molecule has 23 heavy (non-hydrogen) atoms. The van der Waals surface area contributed by atoms with Crippen LogP contribution in [0.25, 0.3) is 11.3 Å². The molecule has 2 aliphatic rings. The van der Waals surface area contributed by atoms with Crippen molar-refractivity contribution >= 4 is 11.3 Å². The van der Waals surface area contributed by atoms with Crippen molar-refractivity contribution < 1.29 is 5.11 Å². The topological polar surface area (TPSA) is 50.9 Å². The van der Waals surface area contributed by atoms with Crippen molar-refractivity contribution in [3.8, 4) is 0 Å². The molecule has 0 saturated heterocycles. The maximum atomic E-state index is 9.78. The van der Waals surface area contributed by atoms with Gasteiger partial charge in [0.15, 0.2) is 5.82 Å². The Bertz CT molecular complexity index is 715. The van der Waals surface area contributed by atoms with Crippen molar-refractivity contribution in [3.63, 3.8) is 0 Å². The van der Waals surface area contributed by atoms with Gasteiger partial charge in [-0.05, 0) is 36.6 Å². The fourth-order valence-corrected chi connectivity index (χ4v) is 2.31. The van der Waals surface area contributed by atoms with Crippen LogP contribution in [0.3, 0.4) is 0 Å². The number of aliphatic hydroxyl groups excluding tert-OH is 1. The zero-order valence-electron chi connectivity index (χ0n) is 13.8. The normalized spacial score (nSPS) is 19.8. The highest BCUT2D eigenvalue weighted by atomic mass is 16.3. The lowest BCUT2D eigenvalue weighted by Gasteiger charge is -2.09. The molecule has 1 N–H and O–H groups in total. The fourth-order valence-electron chi connectivity index (χ4n) is 2.31. The summed E-state index contributed by atoms with van der Waals surface area (Å²) in [5, 5.41) is 18.0. The Kier molecular flexibility index (Phi) is 5.92. The number of aliphatic hydroxyl groups is 1. The third kappa shape index (κ3) is 4.19. The number of rotatable bonds is 2. The SMILES string of the molecule is CC.CC1C=CC=C(n2cnnc2C2=CC(O)=CC=CC2)C=C1. The van der Waals surface area contributed by atoms with Gasteiger partial charge in [0.1, 0.15) is 12.1 Å². The second kappa shape index (κ2) is 8.13. The van der Waals surface area contributed by atoms with Gasteiger partial charge in [-0.3, -0.25) is 4.57 Å². The summed E-state index contributed by atoms with van der Waals surface area (Å²) >= 11 is 0. The molecule has 0 amide bonds. The van der Waals surface area contributed by atoms with Crippen molar-refractivity contribution in [2.45, 2.75) is 27.2 Å². The van der Waals surface area contributed by atoms with Crippen LogP contribution in [0, 0.1) is 5.92 Å². The van der Waals surface area contributed by atoms with E-state index in [-0.39, 0.29) is 5.76 Å². The smallest absolute Gasteiger partial charge is 0.164 e. The Morgan fingerprint density at radius 2 is 2.00 bits per heavy atom. The first kappa shape index (κ1) is 16.7. The van der Waals surface area contributed by atoms with E-state index in [4.69, 9.17) is 0 Å². The highest BCUT2D eigenvalue weighted by molar-refractivity contribution is 5.70. The van der Waals surface area contributed by atoms with Gasteiger partial charge in [-0.25, -0.2) is 0 Å². The molecule has 0 saturated carbocycles. The molecule has 1 aromatic rings. The summed E-state index contributed by atoms with van der Waals surface area (Å²) in [7, 11) is 0. The van der Waals surface area contributed by atoms with Gasteiger partial charge in [0.05, 0.1) is 0 Å². The van der Waals surface area contributed by atoms with Crippen molar-refractivity contribution in [3.05, 3.63) is 72.6 Å². The van der Waals surface area contributed by atoms with Crippen LogP contribution in [0.2, 0.25) is 0 Å². The first-order valence-electron chi connectivity index (χ1n) is 7.98. The van der Waals surface area contributed by atoms with Crippen molar-refractivity contribution in [1.29, 1.82) is 0 Å². The summed E-state index contributed by atoms with van der Waals surface area (Å²) in [6, 6.07) is 0. The molecule has 2 aliphatic carbocycles. The number of aromatic nitrogens is 3. The number of hydrogen-bond donors (Lipinski definition) is 1. The van der Waals surface area contributed by atoms with Crippen molar-refractivity contribution in [2.75, 3.05) is 0 Å². The van der Waals surface area contributed by atoms with Gasteiger partial charge in [0.2, 0.25) is 0 Å². The van der Waals surface area contributed by atoms with E-state index in [1.54, 1.807) is 18.5 Å². The molecule has 0 radical (unpaired) electrons. The average molecular weight is 309 g/mol. The Morgan fingerprint density at radius 3 is 2.83 bits per heavy atom. The van der Waals surface area contributed by atoms with E-state index in [9.17, 15) is 5.11 Å². The van der Waals surface area contributed by atoms with Crippen LogP contribution in [0.1, 0.15) is 33.0 Å². The van der Waals surface area contributed by atoms with Gasteiger partial charge in [0.25, 0.3) is 0 Å². The summed E-state index contributed by atoms with van der Waals surface area (Å²) in [5.41, 5.74) is 1.94. The molecule has 0 aliphatic heterocycles. The molecule has 4 nitrogen and oxygen atoms in total. The molecular weight excluding hydrogens is 286 g/mol. The zero-order chi connectivity index (χ0) is 16.7. The van der Waals surface area contributed by atoms with Crippen LogP contribution in [0.4, 0.5) is 0 Å². The van der Waals surface area contributed by atoms with Gasteiger partial charge in [0, 0.05) is 11.3 Å². The van der Waals surface area contributed by atoms with Crippen LogP contribution in [-0.2, 0) is 0 Å². The summed E-state index contributed by atoms with van der Waals surface area (Å²) in [6.07, 6.45) is 20.1. The van der Waals surface area contributed by atoms with Crippen LogP contribution < -0.4 is 0 Å². The molecule has 120 valence electrons. The minimum Gasteiger partial charge on any atom is -0.508 e. The first-order valence-corrected chi connectivity index (χ1v) is 7.98. The second-order valence-electron chi connectivity index (χ2n) is 5.11. The molecule has 1 unspecified atom stereocenters. The number of hydrogen-bond acceptors (Lipinski definition) is 3. The summed E-state index contributed by atoms with van der Waals surface area (Å²) in [6.45, 7) is 6.14. The van der Waals surface area contributed by atoms with Gasteiger partial charge < -0.3 is 5.11 Å². The molecule has 0 bridgehead atoms. The third-order valence-corrected chi connectivity index (χ3v) is 3.43. The number of nitrogens with zero attached hydrogens (tertiary/aromatic N) is 3. The van der Waals surface area contributed by atoms with E-state index >= 15 is 0 Å². The van der Waals surface area contributed by atoms with E-state index in [2.05, 4.69) is 35.3 Å². The van der Waals surface area contributed by atoms with Gasteiger partial charge in [-0.1, -0.05) is 51.2 Å². The maximum Gasteiger partial charge on any atom is 0.164 e. The van der Waals surface area contributed by atoms with Gasteiger partial charge in [-0.15, -0.1) is 10.2 Å². The summed E-state index contributed by atoms with van der Waals surface area (Å²) in [4.78, 5) is 0. The van der Waals surface area contributed by atoms with Crippen LogP contribution in [-0.4, -0.2) is 19.9 Å². The quantitative estimate of drug-likeness (QED) is 0.862. The van der Waals surface area contributed by atoms with Crippen molar-refractivity contribution in [2.24, 2.45) is 5.92 Å². The second-order valence-corrected chi connectivity index (χ2v) is 5.11. The molecule has 0 aromatic carbocycles. The highest BCUT2D eigenvalue weighted by Crippen LogP contribution is 2.24. The molecule has 1 aromatic heterocycles. The van der Waals surface area contributed by atoms with E-state index in [0.717, 1.165) is 17.1 Å². The molecule has 1 heterocycles. The lowest BCUT2D eigenvalue weighted by molar-refractivity contribution is 0.433. The Hall–Kier alpha value is -2.62. The largest absolute Gasteiger partial charge is 0.508 e. The van der Waals surface area contributed by atoms with E-state index in [0.29, 0.717) is 12.3 Å². The van der Waals surface area contributed by atoms with Crippen LogP contribution in [0.15, 0.2) is 66.8 Å². The standard InChI is InChI=1S/C17H17N3O.C2H6/c1-13-5-4-7-15(10-9-13)20-12-18-19-17(20)14-6-2-3-8-16(21)11-14;1-2/h2-5,7-13,21H,6H2,1H3;1-2H3. The first-order chi connectivity index (χ1) is 11.2. The van der Waals surface area contributed by atoms with Gasteiger partial charge in [-0.2, -0.15) is 0 Å². The lowest BCUT2D eigenvalue weighted by Crippen LogP contribution is -2.00. The predicted octanol–water partition coefficient (Wildman–Crippen LogP) is 4.69. The highest BCUT2D eigenvalue weighted by Gasteiger charge is 2.13. The van der Waals surface area contributed by atoms with Crippen molar-refractivity contribution in [1.82, 2.24) is 14.8 Å². The molecule has 1 atom stereocenters. The monoisotopic (exact) mass is 309 g/mol. The zero-order valence-corrected chi connectivity index (χ0v) is 13.8. The fraction of sp³-hybridized carbons (Fsp3) is 0.263. The molecule has 3 rings (SSSR count). The Balaban J connectivity index is 0.000000924. The maximum absolute atomic E-state index is 9.78. The van der Waals surface area contributed by atoms with Gasteiger partial charge >= 0.3 is 0 Å². The third-order valence-electron chi connectivity index (χ3n) is 3.43. The van der Waals surface area contributed by atoms with E-state index in [1.165, 1.54) is 0 Å². The molecule has 4 heteroatoms. The molecule has 0 spiro atoms. The molecular formula is C19H23N3O. The lowest BCUT2D eigenvalue weighted by atomic mass is 10.1. The minimum atomic E-state index is 0.229. The minimum absolute atomic E-state index is 0.229. The van der Waals surface area contributed by atoms with Crippen LogP contribution in [0.5, 0.6) is 0 Å².